The van der Waals surface area contributed by atoms with E-state index in [0.29, 0.717) is 6.54 Å². The minimum Gasteiger partial charge on any atom is -0.384 e. The molecular weight excluding hydrogens is 228 g/mol. The first-order valence-corrected chi connectivity index (χ1v) is 5.99. The van der Waals surface area contributed by atoms with Crippen molar-refractivity contribution in [2.45, 2.75) is 19.9 Å². The molecule has 0 aliphatic carbocycles. The molecule has 18 heavy (non-hydrogen) atoms. The molecule has 0 fully saturated rings. The van der Waals surface area contributed by atoms with Crippen molar-refractivity contribution in [3.8, 4) is 0 Å². The van der Waals surface area contributed by atoms with Gasteiger partial charge in [-0.05, 0) is 24.1 Å². The number of aromatic nitrogens is 3. The van der Waals surface area contributed by atoms with Crippen molar-refractivity contribution in [1.82, 2.24) is 14.8 Å². The minimum atomic E-state index is -0.104. The highest BCUT2D eigenvalue weighted by Crippen LogP contribution is 2.01. The van der Waals surface area contributed by atoms with E-state index in [4.69, 9.17) is 0 Å². The Balaban J connectivity index is 2.13. The lowest BCUT2D eigenvalue weighted by atomic mass is 10.3. The summed E-state index contributed by atoms with van der Waals surface area (Å²) < 4.78 is 1.44. The van der Waals surface area contributed by atoms with Crippen LogP contribution in [0.15, 0.2) is 41.6 Å². The Hall–Kier alpha value is -2.17. The van der Waals surface area contributed by atoms with E-state index in [0.717, 1.165) is 24.2 Å². The van der Waals surface area contributed by atoms with Gasteiger partial charge in [0.15, 0.2) is 0 Å². The molecule has 0 aliphatic rings. The first-order valence-electron chi connectivity index (χ1n) is 5.99. The van der Waals surface area contributed by atoms with Gasteiger partial charge < -0.3 is 5.32 Å². The summed E-state index contributed by atoms with van der Waals surface area (Å²) in [5, 5.41) is 7.29. The maximum atomic E-state index is 11.9. The van der Waals surface area contributed by atoms with Crippen LogP contribution in [0, 0.1) is 0 Å². The summed E-state index contributed by atoms with van der Waals surface area (Å²) in [7, 11) is 0. The second kappa shape index (κ2) is 5.95. The van der Waals surface area contributed by atoms with Crippen LogP contribution in [0.1, 0.15) is 18.9 Å². The number of nitrogens with one attached hydrogen (secondary N) is 1. The van der Waals surface area contributed by atoms with E-state index in [-0.39, 0.29) is 5.56 Å². The van der Waals surface area contributed by atoms with Crippen molar-refractivity contribution in [2.24, 2.45) is 0 Å². The monoisotopic (exact) mass is 244 g/mol. The fraction of sp³-hybridized carbons (Fsp3) is 0.308. The molecule has 1 N–H and O–H groups in total. The molecule has 2 aromatic rings. The average Bonchev–Trinajstić information content (AvgIpc) is 2.40. The molecule has 0 aliphatic heterocycles. The molecule has 0 radical (unpaired) electrons. The van der Waals surface area contributed by atoms with Crippen molar-refractivity contribution < 1.29 is 0 Å². The molecule has 0 aromatic carbocycles. The van der Waals surface area contributed by atoms with E-state index in [1.54, 1.807) is 24.7 Å². The van der Waals surface area contributed by atoms with Crippen LogP contribution < -0.4 is 10.9 Å². The average molecular weight is 244 g/mol. The molecular formula is C13H16N4O. The molecule has 2 aromatic heterocycles. The van der Waals surface area contributed by atoms with Gasteiger partial charge >= 0.3 is 0 Å². The van der Waals surface area contributed by atoms with Gasteiger partial charge in [0.2, 0.25) is 0 Å². The van der Waals surface area contributed by atoms with Crippen LogP contribution in [0.2, 0.25) is 0 Å². The fourth-order valence-electron chi connectivity index (χ4n) is 1.58. The van der Waals surface area contributed by atoms with Gasteiger partial charge in [-0.15, -0.1) is 0 Å². The second-order valence-electron chi connectivity index (χ2n) is 4.02. The molecule has 0 unspecified atom stereocenters. The molecule has 2 rings (SSSR count). The van der Waals surface area contributed by atoms with Gasteiger partial charge in [0.1, 0.15) is 0 Å². The summed E-state index contributed by atoms with van der Waals surface area (Å²) in [6, 6.07) is 5.32. The Bertz CT molecular complexity index is 550. The third-order valence-corrected chi connectivity index (χ3v) is 2.53. The lowest BCUT2D eigenvalue weighted by Crippen LogP contribution is -2.23. The Labute approximate surface area is 105 Å². The number of pyridine rings is 1. The normalized spacial score (nSPS) is 10.3. The Morgan fingerprint density at radius 2 is 2.11 bits per heavy atom. The third kappa shape index (κ3) is 3.16. The van der Waals surface area contributed by atoms with Crippen LogP contribution in [0.3, 0.4) is 0 Å². The van der Waals surface area contributed by atoms with E-state index in [1.165, 1.54) is 4.68 Å². The van der Waals surface area contributed by atoms with E-state index in [1.807, 2.05) is 12.1 Å². The Kier molecular flexibility index (Phi) is 4.06. The molecule has 0 atom stereocenters. The van der Waals surface area contributed by atoms with E-state index in [2.05, 4.69) is 22.3 Å². The molecule has 94 valence electrons. The zero-order chi connectivity index (χ0) is 12.8. The number of anilines is 1. The van der Waals surface area contributed by atoms with E-state index >= 15 is 0 Å². The maximum Gasteiger partial charge on any atom is 0.269 e. The van der Waals surface area contributed by atoms with Crippen molar-refractivity contribution in [3.63, 3.8) is 0 Å². The van der Waals surface area contributed by atoms with Crippen LogP contribution in [-0.2, 0) is 6.54 Å². The molecule has 2 heterocycles. The number of hydrogen-bond acceptors (Lipinski definition) is 4. The number of hydrogen-bond donors (Lipinski definition) is 1. The summed E-state index contributed by atoms with van der Waals surface area (Å²) in [6.07, 6.45) is 6.10. The van der Waals surface area contributed by atoms with Gasteiger partial charge in [-0.3, -0.25) is 9.78 Å². The maximum absolute atomic E-state index is 11.9. The highest BCUT2D eigenvalue weighted by molar-refractivity contribution is 5.38. The predicted octanol–water partition coefficient (Wildman–Crippen LogP) is 1.51. The fourth-order valence-corrected chi connectivity index (χ4v) is 1.58. The van der Waals surface area contributed by atoms with Crippen LogP contribution >= 0.6 is 0 Å². The van der Waals surface area contributed by atoms with Gasteiger partial charge in [0.05, 0.1) is 18.4 Å². The lowest BCUT2D eigenvalue weighted by molar-refractivity contribution is 0.639. The SMILES string of the molecule is CCCNc1cnn(Cc2ccncc2)c(=O)c1. The van der Waals surface area contributed by atoms with Crippen LogP contribution in [0.4, 0.5) is 5.69 Å². The summed E-state index contributed by atoms with van der Waals surface area (Å²) in [6.45, 7) is 3.38. The summed E-state index contributed by atoms with van der Waals surface area (Å²) in [5.74, 6) is 0. The minimum absolute atomic E-state index is 0.104. The van der Waals surface area contributed by atoms with Gasteiger partial charge in [0, 0.05) is 25.0 Å². The first kappa shape index (κ1) is 12.3. The van der Waals surface area contributed by atoms with Gasteiger partial charge in [-0.1, -0.05) is 6.92 Å². The van der Waals surface area contributed by atoms with Gasteiger partial charge in [0.25, 0.3) is 5.56 Å². The Morgan fingerprint density at radius 3 is 2.78 bits per heavy atom. The van der Waals surface area contributed by atoms with Crippen LogP contribution in [-0.4, -0.2) is 21.3 Å². The van der Waals surface area contributed by atoms with Crippen LogP contribution in [0.5, 0.6) is 0 Å². The summed E-state index contributed by atoms with van der Waals surface area (Å²) >= 11 is 0. The molecule has 5 heteroatoms. The lowest BCUT2D eigenvalue weighted by Gasteiger charge is -2.07. The quantitative estimate of drug-likeness (QED) is 0.866. The highest BCUT2D eigenvalue weighted by Gasteiger charge is 2.00. The zero-order valence-electron chi connectivity index (χ0n) is 10.3. The number of rotatable bonds is 5. The van der Waals surface area contributed by atoms with Gasteiger partial charge in [-0.2, -0.15) is 5.10 Å². The molecule has 0 bridgehead atoms. The summed E-state index contributed by atoms with van der Waals surface area (Å²) in [5.41, 5.74) is 1.68. The van der Waals surface area contributed by atoms with Crippen molar-refractivity contribution >= 4 is 5.69 Å². The molecule has 0 spiro atoms. The largest absolute Gasteiger partial charge is 0.384 e. The predicted molar refractivity (Wildman–Crippen MR) is 70.6 cm³/mol. The topological polar surface area (TPSA) is 59.8 Å². The first-order chi connectivity index (χ1) is 8.79. The molecule has 0 saturated heterocycles. The molecule has 0 amide bonds. The van der Waals surface area contributed by atoms with Crippen molar-refractivity contribution in [1.29, 1.82) is 0 Å². The smallest absolute Gasteiger partial charge is 0.269 e. The highest BCUT2D eigenvalue weighted by atomic mass is 16.1. The second-order valence-corrected chi connectivity index (χ2v) is 4.02. The van der Waals surface area contributed by atoms with Crippen LogP contribution in [0.25, 0.3) is 0 Å². The van der Waals surface area contributed by atoms with E-state index < -0.39 is 0 Å². The number of nitrogens with zero attached hydrogens (tertiary/aromatic N) is 3. The van der Waals surface area contributed by atoms with Gasteiger partial charge in [-0.25, -0.2) is 4.68 Å². The summed E-state index contributed by atoms with van der Waals surface area (Å²) in [4.78, 5) is 15.8. The molecule has 0 saturated carbocycles. The van der Waals surface area contributed by atoms with Crippen molar-refractivity contribution in [3.05, 3.63) is 52.7 Å². The van der Waals surface area contributed by atoms with E-state index in [9.17, 15) is 4.79 Å². The molecule has 5 nitrogen and oxygen atoms in total. The third-order valence-electron chi connectivity index (χ3n) is 2.53. The standard InChI is InChI=1S/C13H16N4O/c1-2-5-15-12-8-13(18)17(16-9-12)10-11-3-6-14-7-4-11/h3-4,6-9,15H,2,5,10H2,1H3. The zero-order valence-corrected chi connectivity index (χ0v) is 10.3. The van der Waals surface area contributed by atoms with Crippen molar-refractivity contribution in [2.75, 3.05) is 11.9 Å². The Morgan fingerprint density at radius 1 is 1.33 bits per heavy atom.